The molecule has 23 heavy (non-hydrogen) atoms. The smallest absolute Gasteiger partial charge is 0.272 e. The topological polar surface area (TPSA) is 83.5 Å². The highest BCUT2D eigenvalue weighted by Crippen LogP contribution is 2.21. The molecule has 1 aromatic rings. The molecule has 0 saturated carbocycles. The summed E-state index contributed by atoms with van der Waals surface area (Å²) in [7, 11) is -2.98. The minimum atomic E-state index is -2.98. The third kappa shape index (κ3) is 3.99. The molecular weight excluding hydrogens is 316 g/mol. The van der Waals surface area contributed by atoms with E-state index in [9.17, 15) is 13.2 Å². The van der Waals surface area contributed by atoms with E-state index in [0.717, 1.165) is 0 Å². The monoisotopic (exact) mass is 340 g/mol. The highest BCUT2D eigenvalue weighted by molar-refractivity contribution is 7.91. The molecular formula is C15H24N4O3S. The van der Waals surface area contributed by atoms with Gasteiger partial charge in [-0.1, -0.05) is 0 Å². The molecule has 0 N–H and O–H groups in total. The fourth-order valence-electron chi connectivity index (χ4n) is 2.86. The first-order valence-electron chi connectivity index (χ1n) is 8.01. The zero-order valence-corrected chi connectivity index (χ0v) is 14.7. The number of carbonyl (C=O) groups is 1. The number of sulfone groups is 1. The SMILES string of the molecule is CCN(CC)C(=O)c1ccnc(N(CC)C2CCS(=O)(=O)C2)n1. The zero-order chi connectivity index (χ0) is 17.0. The van der Waals surface area contributed by atoms with E-state index in [1.54, 1.807) is 17.2 Å². The molecule has 0 spiro atoms. The maximum Gasteiger partial charge on any atom is 0.272 e. The molecule has 2 heterocycles. The van der Waals surface area contributed by atoms with Crippen molar-refractivity contribution >= 4 is 21.7 Å². The van der Waals surface area contributed by atoms with Crippen molar-refractivity contribution in [2.75, 3.05) is 36.0 Å². The molecule has 1 amide bonds. The summed E-state index contributed by atoms with van der Waals surface area (Å²) in [5.41, 5.74) is 0.345. The molecule has 0 aliphatic carbocycles. The quantitative estimate of drug-likeness (QED) is 0.767. The van der Waals surface area contributed by atoms with Crippen molar-refractivity contribution in [3.8, 4) is 0 Å². The molecule has 0 radical (unpaired) electrons. The summed E-state index contributed by atoms with van der Waals surface area (Å²) in [5.74, 6) is 0.617. The Morgan fingerprint density at radius 1 is 1.26 bits per heavy atom. The van der Waals surface area contributed by atoms with E-state index in [0.29, 0.717) is 37.7 Å². The van der Waals surface area contributed by atoms with E-state index in [4.69, 9.17) is 0 Å². The number of hydrogen-bond acceptors (Lipinski definition) is 6. The van der Waals surface area contributed by atoms with Gasteiger partial charge in [-0.25, -0.2) is 18.4 Å². The van der Waals surface area contributed by atoms with Gasteiger partial charge in [0.25, 0.3) is 5.91 Å². The van der Waals surface area contributed by atoms with Crippen molar-refractivity contribution in [2.45, 2.75) is 33.2 Å². The van der Waals surface area contributed by atoms with Gasteiger partial charge in [0.1, 0.15) is 5.69 Å². The molecule has 1 aliphatic rings. The zero-order valence-electron chi connectivity index (χ0n) is 13.9. The van der Waals surface area contributed by atoms with Crippen LogP contribution in [-0.4, -0.2) is 66.4 Å². The van der Waals surface area contributed by atoms with Crippen LogP contribution in [0.25, 0.3) is 0 Å². The summed E-state index contributed by atoms with van der Waals surface area (Å²) in [6.07, 6.45) is 2.14. The number of nitrogens with zero attached hydrogens (tertiary/aromatic N) is 4. The Kier molecular flexibility index (Phi) is 5.56. The second-order valence-corrected chi connectivity index (χ2v) is 7.79. The fourth-order valence-corrected chi connectivity index (χ4v) is 4.59. The van der Waals surface area contributed by atoms with E-state index in [-0.39, 0.29) is 23.5 Å². The molecule has 1 aliphatic heterocycles. The number of amides is 1. The number of carbonyl (C=O) groups excluding carboxylic acids is 1. The van der Waals surface area contributed by atoms with Crippen LogP contribution in [0.2, 0.25) is 0 Å². The van der Waals surface area contributed by atoms with Crippen molar-refractivity contribution < 1.29 is 13.2 Å². The molecule has 8 heteroatoms. The molecule has 2 rings (SSSR count). The second kappa shape index (κ2) is 7.25. The molecule has 1 aromatic heterocycles. The van der Waals surface area contributed by atoms with Crippen LogP contribution in [0.3, 0.4) is 0 Å². The van der Waals surface area contributed by atoms with Crippen molar-refractivity contribution in [3.63, 3.8) is 0 Å². The summed E-state index contributed by atoms with van der Waals surface area (Å²) in [6, 6.07) is 1.48. The first-order valence-corrected chi connectivity index (χ1v) is 9.83. The van der Waals surface area contributed by atoms with Crippen LogP contribution in [0, 0.1) is 0 Å². The van der Waals surface area contributed by atoms with Crippen molar-refractivity contribution in [1.82, 2.24) is 14.9 Å². The van der Waals surface area contributed by atoms with Gasteiger partial charge in [-0.05, 0) is 33.3 Å². The lowest BCUT2D eigenvalue weighted by Crippen LogP contribution is -2.38. The normalized spacial score (nSPS) is 19.5. The minimum absolute atomic E-state index is 0.121. The van der Waals surface area contributed by atoms with Gasteiger partial charge in [-0.2, -0.15) is 0 Å². The average molecular weight is 340 g/mol. The molecule has 1 unspecified atom stereocenters. The predicted octanol–water partition coefficient (Wildman–Crippen LogP) is 0.972. The van der Waals surface area contributed by atoms with Gasteiger partial charge in [-0.3, -0.25) is 4.79 Å². The maximum absolute atomic E-state index is 12.4. The second-order valence-electron chi connectivity index (χ2n) is 5.56. The van der Waals surface area contributed by atoms with E-state index in [1.807, 2.05) is 25.7 Å². The Bertz CT molecular complexity index is 658. The fraction of sp³-hybridized carbons (Fsp3) is 0.667. The number of rotatable bonds is 6. The number of anilines is 1. The molecule has 0 aromatic carbocycles. The first-order chi connectivity index (χ1) is 10.9. The summed E-state index contributed by atoms with van der Waals surface area (Å²) < 4.78 is 23.4. The Morgan fingerprint density at radius 3 is 2.48 bits per heavy atom. The molecule has 1 fully saturated rings. The molecule has 7 nitrogen and oxygen atoms in total. The Morgan fingerprint density at radius 2 is 1.96 bits per heavy atom. The molecule has 0 bridgehead atoms. The van der Waals surface area contributed by atoms with Crippen LogP contribution in [0.15, 0.2) is 12.3 Å². The van der Waals surface area contributed by atoms with Crippen LogP contribution >= 0.6 is 0 Å². The lowest BCUT2D eigenvalue weighted by atomic mass is 10.2. The Hall–Kier alpha value is -1.70. The van der Waals surface area contributed by atoms with Crippen LogP contribution in [0.4, 0.5) is 5.95 Å². The number of hydrogen-bond donors (Lipinski definition) is 0. The largest absolute Gasteiger partial charge is 0.338 e. The summed E-state index contributed by atoms with van der Waals surface area (Å²) in [4.78, 5) is 24.6. The standard InChI is InChI=1S/C15H24N4O3S/c1-4-18(5-2)14(20)13-7-9-16-15(17-13)19(6-3)12-8-10-23(21,22)11-12/h7,9,12H,4-6,8,10-11H2,1-3H3. The van der Waals surface area contributed by atoms with Crippen molar-refractivity contribution in [2.24, 2.45) is 0 Å². The van der Waals surface area contributed by atoms with E-state index in [1.165, 1.54) is 0 Å². The Labute approximate surface area is 137 Å². The average Bonchev–Trinajstić information content (AvgIpc) is 2.89. The highest BCUT2D eigenvalue weighted by atomic mass is 32.2. The number of aromatic nitrogens is 2. The minimum Gasteiger partial charge on any atom is -0.338 e. The van der Waals surface area contributed by atoms with Gasteiger partial charge in [0, 0.05) is 31.9 Å². The van der Waals surface area contributed by atoms with Gasteiger partial charge in [-0.15, -0.1) is 0 Å². The van der Waals surface area contributed by atoms with Gasteiger partial charge in [0.2, 0.25) is 5.95 Å². The third-order valence-corrected chi connectivity index (χ3v) is 5.91. The van der Waals surface area contributed by atoms with Crippen LogP contribution in [-0.2, 0) is 9.84 Å². The van der Waals surface area contributed by atoms with Crippen LogP contribution in [0.1, 0.15) is 37.7 Å². The van der Waals surface area contributed by atoms with Crippen molar-refractivity contribution in [1.29, 1.82) is 0 Å². The summed E-state index contributed by atoms with van der Waals surface area (Å²) >= 11 is 0. The molecule has 1 saturated heterocycles. The predicted molar refractivity (Wildman–Crippen MR) is 89.4 cm³/mol. The van der Waals surface area contributed by atoms with Gasteiger partial charge < -0.3 is 9.80 Å². The molecule has 128 valence electrons. The summed E-state index contributed by atoms with van der Waals surface area (Å²) in [5, 5.41) is 0. The lowest BCUT2D eigenvalue weighted by molar-refractivity contribution is 0.0767. The van der Waals surface area contributed by atoms with E-state index in [2.05, 4.69) is 9.97 Å². The maximum atomic E-state index is 12.4. The van der Waals surface area contributed by atoms with Crippen molar-refractivity contribution in [3.05, 3.63) is 18.0 Å². The highest BCUT2D eigenvalue weighted by Gasteiger charge is 2.33. The first kappa shape index (κ1) is 17.7. The van der Waals surface area contributed by atoms with Crippen LogP contribution in [0.5, 0.6) is 0 Å². The Balaban J connectivity index is 2.25. The van der Waals surface area contributed by atoms with E-state index >= 15 is 0 Å². The summed E-state index contributed by atoms with van der Waals surface area (Å²) in [6.45, 7) is 7.62. The van der Waals surface area contributed by atoms with Crippen LogP contribution < -0.4 is 4.90 Å². The van der Waals surface area contributed by atoms with Gasteiger partial charge in [0.15, 0.2) is 9.84 Å². The third-order valence-electron chi connectivity index (χ3n) is 4.16. The van der Waals surface area contributed by atoms with Gasteiger partial charge in [0.05, 0.1) is 11.5 Å². The van der Waals surface area contributed by atoms with Gasteiger partial charge >= 0.3 is 0 Å². The molecule has 1 atom stereocenters. The van der Waals surface area contributed by atoms with E-state index < -0.39 is 9.84 Å². The lowest BCUT2D eigenvalue weighted by Gasteiger charge is -2.27.